The second kappa shape index (κ2) is 12.0. The lowest BCUT2D eigenvalue weighted by atomic mass is 9.95. The fourth-order valence-electron chi connectivity index (χ4n) is 6.11. The zero-order valence-corrected chi connectivity index (χ0v) is 24.9. The SMILES string of the molecule is CCOC(=O)C1=C(CN2C=C3CN([C@@H]4CC[C@@H](C(=O)O)C4)C(=O)N3CC2)NC(c2nccs2)=NC1c1cccc(F)c1Cl. The zero-order valence-electron chi connectivity index (χ0n) is 23.3. The maximum Gasteiger partial charge on any atom is 0.338 e. The second-order valence-corrected chi connectivity index (χ2v) is 12.0. The fraction of sp³-hybridized carbons (Fsp3) is 0.414. The molecule has 3 atom stereocenters. The number of nitrogens with one attached hydrogen (secondary N) is 1. The molecule has 1 aromatic heterocycles. The van der Waals surface area contributed by atoms with E-state index in [-0.39, 0.29) is 35.8 Å². The first-order valence-electron chi connectivity index (χ1n) is 14.1. The largest absolute Gasteiger partial charge is 0.481 e. The average Bonchev–Trinajstić information content (AvgIpc) is 3.75. The number of hydrogen-bond donors (Lipinski definition) is 2. The number of carboxylic acids is 1. The Kier molecular flexibility index (Phi) is 8.10. The standard InChI is InChI=1S/C29H30ClFN6O5S/c1-2-42-28(40)22-21(33-25(26-32-8-11-43-26)34-24(22)19-4-3-5-20(31)23(19)30)15-35-9-10-36-18(13-35)14-37(29(36)41)17-7-6-16(12-17)27(38)39/h3-5,8,11,13,16-17,24H,2,6-7,9-10,12,14-15H2,1H3,(H,33,34)(H,38,39)/t16-,17-,24?/m1/s1. The van der Waals surface area contributed by atoms with E-state index in [0.29, 0.717) is 61.0 Å². The number of ether oxygens (including phenoxy) is 1. The van der Waals surface area contributed by atoms with Gasteiger partial charge in [-0.2, -0.15) is 0 Å². The van der Waals surface area contributed by atoms with Crippen LogP contribution >= 0.6 is 22.9 Å². The molecule has 3 aliphatic heterocycles. The molecule has 0 bridgehead atoms. The van der Waals surface area contributed by atoms with E-state index >= 15 is 0 Å². The summed E-state index contributed by atoms with van der Waals surface area (Å²) in [5, 5.41) is 15.0. The number of benzene rings is 1. The van der Waals surface area contributed by atoms with Crippen LogP contribution in [0.4, 0.5) is 9.18 Å². The van der Waals surface area contributed by atoms with Crippen molar-refractivity contribution in [2.75, 3.05) is 32.8 Å². The molecule has 6 rings (SSSR count). The van der Waals surface area contributed by atoms with Crippen LogP contribution in [-0.4, -0.2) is 87.4 Å². The van der Waals surface area contributed by atoms with Gasteiger partial charge in [0, 0.05) is 48.2 Å². The monoisotopic (exact) mass is 628 g/mol. The molecule has 0 radical (unpaired) electrons. The van der Waals surface area contributed by atoms with Gasteiger partial charge < -0.3 is 25.0 Å². The van der Waals surface area contributed by atoms with Crippen LogP contribution in [0.3, 0.4) is 0 Å². The minimum atomic E-state index is -0.945. The maximum absolute atomic E-state index is 14.6. The molecule has 1 unspecified atom stereocenters. The number of amides is 2. The van der Waals surface area contributed by atoms with Crippen molar-refractivity contribution in [3.63, 3.8) is 0 Å². The Morgan fingerprint density at radius 1 is 1.28 bits per heavy atom. The molecule has 1 saturated heterocycles. The fourth-order valence-corrected chi connectivity index (χ4v) is 6.93. The van der Waals surface area contributed by atoms with Crippen molar-refractivity contribution < 1.29 is 28.6 Å². The lowest BCUT2D eigenvalue weighted by Gasteiger charge is -2.34. The van der Waals surface area contributed by atoms with Crippen LogP contribution < -0.4 is 5.32 Å². The lowest BCUT2D eigenvalue weighted by Crippen LogP contribution is -2.44. The molecule has 2 N–H and O–H groups in total. The first-order valence-corrected chi connectivity index (χ1v) is 15.3. The molecule has 0 spiro atoms. The van der Waals surface area contributed by atoms with Gasteiger partial charge >= 0.3 is 18.0 Å². The number of aromatic nitrogens is 1. The van der Waals surface area contributed by atoms with Gasteiger partial charge in [0.1, 0.15) is 11.9 Å². The van der Waals surface area contributed by atoms with Crippen molar-refractivity contribution in [2.45, 2.75) is 38.3 Å². The topological polar surface area (TPSA) is 128 Å². The van der Waals surface area contributed by atoms with Crippen molar-refractivity contribution >= 4 is 46.7 Å². The molecule has 2 fully saturated rings. The second-order valence-electron chi connectivity index (χ2n) is 10.8. The van der Waals surface area contributed by atoms with Gasteiger partial charge in [-0.1, -0.05) is 23.7 Å². The Morgan fingerprint density at radius 3 is 2.84 bits per heavy atom. The summed E-state index contributed by atoms with van der Waals surface area (Å²) >= 11 is 7.77. The molecule has 1 aliphatic carbocycles. The number of rotatable bonds is 8. The van der Waals surface area contributed by atoms with Gasteiger partial charge in [-0.15, -0.1) is 11.3 Å². The summed E-state index contributed by atoms with van der Waals surface area (Å²) in [6.07, 6.45) is 5.23. The quantitative estimate of drug-likeness (QED) is 0.420. The Labute approximate surface area is 256 Å². The number of urea groups is 1. The molecule has 1 saturated carbocycles. The molecule has 14 heteroatoms. The molecular formula is C29H30ClFN6O5S. The highest BCUT2D eigenvalue weighted by Crippen LogP contribution is 2.38. The summed E-state index contributed by atoms with van der Waals surface area (Å²) in [6.45, 7) is 3.40. The number of halogens is 2. The highest BCUT2D eigenvalue weighted by molar-refractivity contribution is 7.11. The van der Waals surface area contributed by atoms with Crippen LogP contribution in [0.2, 0.25) is 5.02 Å². The molecule has 4 heterocycles. The number of carboxylic acid groups (broad SMARTS) is 1. The van der Waals surface area contributed by atoms with Gasteiger partial charge in [0.2, 0.25) is 0 Å². The predicted molar refractivity (Wildman–Crippen MR) is 157 cm³/mol. The minimum Gasteiger partial charge on any atom is -0.481 e. The number of carbonyl (C=O) groups is 3. The summed E-state index contributed by atoms with van der Waals surface area (Å²) in [4.78, 5) is 52.8. The third-order valence-electron chi connectivity index (χ3n) is 8.19. The molecular weight excluding hydrogens is 599 g/mol. The van der Waals surface area contributed by atoms with Crippen LogP contribution in [0.5, 0.6) is 0 Å². The minimum absolute atomic E-state index is 0.108. The van der Waals surface area contributed by atoms with Crippen molar-refractivity contribution in [1.82, 2.24) is 25.0 Å². The Bertz CT molecular complexity index is 1550. The normalized spacial score (nSPS) is 23.7. The van der Waals surface area contributed by atoms with E-state index in [1.54, 1.807) is 29.0 Å². The molecule has 1 aromatic carbocycles. The van der Waals surface area contributed by atoms with E-state index in [1.807, 2.05) is 16.5 Å². The number of hydrogen-bond acceptors (Lipinski definition) is 9. The number of fused-ring (bicyclic) bond motifs is 1. The van der Waals surface area contributed by atoms with E-state index in [2.05, 4.69) is 10.3 Å². The van der Waals surface area contributed by atoms with Gasteiger partial charge in [0.05, 0.1) is 41.9 Å². The maximum atomic E-state index is 14.6. The van der Waals surface area contributed by atoms with Crippen LogP contribution in [0.25, 0.3) is 0 Å². The number of aliphatic imine (C=N–C) groups is 1. The summed E-state index contributed by atoms with van der Waals surface area (Å²) < 4.78 is 20.0. The van der Waals surface area contributed by atoms with Gasteiger partial charge in [-0.05, 0) is 32.3 Å². The summed E-state index contributed by atoms with van der Waals surface area (Å²) in [6, 6.07) is 3.24. The van der Waals surface area contributed by atoms with Crippen molar-refractivity contribution in [3.05, 3.63) is 74.4 Å². The van der Waals surface area contributed by atoms with Crippen molar-refractivity contribution in [3.8, 4) is 0 Å². The van der Waals surface area contributed by atoms with Crippen LogP contribution in [0, 0.1) is 11.7 Å². The van der Waals surface area contributed by atoms with Gasteiger partial charge in [-0.25, -0.2) is 19.0 Å². The van der Waals surface area contributed by atoms with E-state index in [9.17, 15) is 23.9 Å². The van der Waals surface area contributed by atoms with Crippen molar-refractivity contribution in [1.29, 1.82) is 0 Å². The number of esters is 1. The van der Waals surface area contributed by atoms with E-state index in [4.69, 9.17) is 21.3 Å². The Balaban J connectivity index is 1.32. The molecule has 4 aliphatic rings. The summed E-state index contributed by atoms with van der Waals surface area (Å²) in [5.41, 5.74) is 1.86. The number of aliphatic carboxylic acids is 1. The zero-order chi connectivity index (χ0) is 30.2. The van der Waals surface area contributed by atoms with Crippen LogP contribution in [0.1, 0.15) is 42.8 Å². The van der Waals surface area contributed by atoms with E-state index in [0.717, 1.165) is 5.70 Å². The van der Waals surface area contributed by atoms with E-state index < -0.39 is 29.7 Å². The smallest absolute Gasteiger partial charge is 0.338 e. The molecule has 2 amide bonds. The van der Waals surface area contributed by atoms with Crippen molar-refractivity contribution in [2.24, 2.45) is 10.9 Å². The summed E-state index contributed by atoms with van der Waals surface area (Å²) in [7, 11) is 0. The van der Waals surface area contributed by atoms with Crippen LogP contribution in [-0.2, 0) is 14.3 Å². The lowest BCUT2D eigenvalue weighted by molar-refractivity contribution is -0.141. The van der Waals surface area contributed by atoms with E-state index in [1.165, 1.54) is 23.5 Å². The molecule has 11 nitrogen and oxygen atoms in total. The van der Waals surface area contributed by atoms with Crippen LogP contribution in [0.15, 0.2) is 57.9 Å². The van der Waals surface area contributed by atoms with Gasteiger partial charge in [-0.3, -0.25) is 14.7 Å². The predicted octanol–water partition coefficient (Wildman–Crippen LogP) is 3.99. The Hall–Kier alpha value is -3.97. The highest BCUT2D eigenvalue weighted by atomic mass is 35.5. The first kappa shape index (κ1) is 29.1. The van der Waals surface area contributed by atoms with Gasteiger partial charge in [0.25, 0.3) is 0 Å². The van der Waals surface area contributed by atoms with Gasteiger partial charge in [0.15, 0.2) is 10.8 Å². The molecule has 2 aromatic rings. The number of thiazole rings is 1. The number of nitrogens with zero attached hydrogens (tertiary/aromatic N) is 5. The molecule has 226 valence electrons. The Morgan fingerprint density at radius 2 is 2.12 bits per heavy atom. The average molecular weight is 629 g/mol. The highest BCUT2D eigenvalue weighted by Gasteiger charge is 2.43. The first-order chi connectivity index (χ1) is 20.7. The third-order valence-corrected chi connectivity index (χ3v) is 9.37. The number of amidine groups is 1. The molecule has 43 heavy (non-hydrogen) atoms. The third kappa shape index (κ3) is 5.58. The number of carbonyl (C=O) groups excluding carboxylic acids is 2. The summed E-state index contributed by atoms with van der Waals surface area (Å²) in [5.74, 6) is -2.05.